The summed E-state index contributed by atoms with van der Waals surface area (Å²) < 4.78 is 5.50. The van der Waals surface area contributed by atoms with Crippen LogP contribution in [-0.4, -0.2) is 30.5 Å². The van der Waals surface area contributed by atoms with E-state index in [1.54, 1.807) is 6.08 Å². The molecule has 0 bridgehead atoms. The van der Waals surface area contributed by atoms with Crippen molar-refractivity contribution in [3.05, 3.63) is 71.3 Å². The van der Waals surface area contributed by atoms with E-state index in [0.29, 0.717) is 13.2 Å². The van der Waals surface area contributed by atoms with Crippen LogP contribution in [-0.2, 0) is 11.3 Å². The first-order valence-corrected chi connectivity index (χ1v) is 9.23. The number of amides is 1. The summed E-state index contributed by atoms with van der Waals surface area (Å²) in [4.78, 5) is 14.8. The number of hydrogen-bond donors (Lipinski definition) is 1. The molecule has 2 aromatic rings. The maximum Gasteiger partial charge on any atom is 0.241 e. The highest BCUT2D eigenvalue weighted by atomic mass is 16.5. The molecule has 0 fully saturated rings. The van der Waals surface area contributed by atoms with Crippen LogP contribution in [0.3, 0.4) is 0 Å². The first-order valence-electron chi connectivity index (χ1n) is 9.23. The van der Waals surface area contributed by atoms with Crippen LogP contribution in [0.25, 0.3) is 0 Å². The Morgan fingerprint density at radius 2 is 1.78 bits per heavy atom. The molecule has 144 valence electrons. The predicted molar refractivity (Wildman–Crippen MR) is 112 cm³/mol. The fourth-order valence-electron chi connectivity index (χ4n) is 3.08. The van der Waals surface area contributed by atoms with Crippen LogP contribution in [0.15, 0.2) is 49.1 Å². The van der Waals surface area contributed by atoms with Gasteiger partial charge in [-0.1, -0.05) is 42.5 Å². The van der Waals surface area contributed by atoms with Gasteiger partial charge in [-0.3, -0.25) is 9.69 Å². The normalized spacial score (nSPS) is 11.9. The number of rotatable bonds is 8. The number of likely N-dealkylation sites (N-methyl/N-ethyl adjacent to an activating group) is 1. The molecule has 0 aliphatic carbocycles. The molecule has 4 nitrogen and oxygen atoms in total. The molecule has 0 unspecified atom stereocenters. The molecule has 1 N–H and O–H groups in total. The summed E-state index contributed by atoms with van der Waals surface area (Å²) in [5.74, 6) is 0.816. The fraction of sp³-hybridized carbons (Fsp3) is 0.348. The van der Waals surface area contributed by atoms with E-state index in [4.69, 9.17) is 4.74 Å². The van der Waals surface area contributed by atoms with Crippen molar-refractivity contribution in [1.29, 1.82) is 0 Å². The summed E-state index contributed by atoms with van der Waals surface area (Å²) in [7, 11) is 1.96. The number of ether oxygens (including phenoxy) is 1. The third kappa shape index (κ3) is 5.69. The van der Waals surface area contributed by atoms with Crippen LogP contribution in [0.2, 0.25) is 0 Å². The van der Waals surface area contributed by atoms with Gasteiger partial charge in [0, 0.05) is 12.2 Å². The van der Waals surface area contributed by atoms with Crippen molar-refractivity contribution in [1.82, 2.24) is 4.90 Å². The summed E-state index contributed by atoms with van der Waals surface area (Å²) >= 11 is 0. The molecule has 2 aromatic carbocycles. The topological polar surface area (TPSA) is 41.6 Å². The first kappa shape index (κ1) is 20.7. The largest absolute Gasteiger partial charge is 0.490 e. The summed E-state index contributed by atoms with van der Waals surface area (Å²) in [6, 6.07) is 11.9. The molecule has 0 heterocycles. The minimum Gasteiger partial charge on any atom is -0.490 e. The number of hydrogen-bond acceptors (Lipinski definition) is 3. The van der Waals surface area contributed by atoms with Crippen LogP contribution in [0, 0.1) is 20.8 Å². The van der Waals surface area contributed by atoms with Crippen molar-refractivity contribution >= 4 is 11.6 Å². The number of aryl methyl sites for hydroxylation is 3. The van der Waals surface area contributed by atoms with Crippen molar-refractivity contribution in [2.45, 2.75) is 40.3 Å². The highest BCUT2D eigenvalue weighted by Crippen LogP contribution is 2.22. The molecule has 0 aliphatic heterocycles. The van der Waals surface area contributed by atoms with E-state index in [9.17, 15) is 4.79 Å². The Kier molecular flexibility index (Phi) is 7.19. The first-order chi connectivity index (χ1) is 12.8. The van der Waals surface area contributed by atoms with Gasteiger partial charge in [-0.25, -0.2) is 0 Å². The molecule has 0 saturated carbocycles. The highest BCUT2D eigenvalue weighted by Gasteiger charge is 2.19. The van der Waals surface area contributed by atoms with E-state index in [0.717, 1.165) is 28.1 Å². The number of nitrogens with one attached hydrogen (secondary N) is 1. The number of anilines is 1. The van der Waals surface area contributed by atoms with Gasteiger partial charge in [-0.15, -0.1) is 0 Å². The molecule has 0 aliphatic rings. The quantitative estimate of drug-likeness (QED) is 0.692. The Balaban J connectivity index is 1.99. The van der Waals surface area contributed by atoms with Crippen molar-refractivity contribution < 1.29 is 9.53 Å². The SMILES string of the molecule is C=CCOc1ccc(CN(C)[C@H](C)C(=O)Nc2c(C)cc(C)cc2C)cc1. The van der Waals surface area contributed by atoms with Crippen molar-refractivity contribution in [2.75, 3.05) is 19.0 Å². The second-order valence-electron chi connectivity index (χ2n) is 7.10. The standard InChI is InChI=1S/C23H30N2O2/c1-7-12-27-21-10-8-20(9-11-21)15-25(6)19(5)23(26)24-22-17(3)13-16(2)14-18(22)4/h7-11,13-14,19H,1,12,15H2,2-6H3,(H,24,26)/t19-/m1/s1. The third-order valence-corrected chi connectivity index (χ3v) is 4.69. The molecular formula is C23H30N2O2. The lowest BCUT2D eigenvalue weighted by Gasteiger charge is -2.25. The summed E-state index contributed by atoms with van der Waals surface area (Å²) in [6.45, 7) is 12.9. The average molecular weight is 367 g/mol. The van der Waals surface area contributed by atoms with E-state index in [2.05, 4.69) is 31.0 Å². The summed E-state index contributed by atoms with van der Waals surface area (Å²) in [6.07, 6.45) is 1.72. The number of carbonyl (C=O) groups is 1. The predicted octanol–water partition coefficient (Wildman–Crippen LogP) is 4.64. The van der Waals surface area contributed by atoms with Gasteiger partial charge < -0.3 is 10.1 Å². The molecule has 0 spiro atoms. The molecule has 4 heteroatoms. The summed E-state index contributed by atoms with van der Waals surface area (Å²) in [5, 5.41) is 3.09. The van der Waals surface area contributed by atoms with Gasteiger partial charge in [0.05, 0.1) is 6.04 Å². The van der Waals surface area contributed by atoms with Crippen LogP contribution in [0.1, 0.15) is 29.2 Å². The van der Waals surface area contributed by atoms with E-state index in [1.807, 2.05) is 57.0 Å². The minimum atomic E-state index is -0.248. The van der Waals surface area contributed by atoms with E-state index in [-0.39, 0.29) is 11.9 Å². The second-order valence-corrected chi connectivity index (χ2v) is 7.10. The number of nitrogens with zero attached hydrogens (tertiary/aromatic N) is 1. The molecular weight excluding hydrogens is 336 g/mol. The molecule has 1 amide bonds. The van der Waals surface area contributed by atoms with Gasteiger partial charge in [0.1, 0.15) is 12.4 Å². The van der Waals surface area contributed by atoms with Crippen LogP contribution >= 0.6 is 0 Å². The number of benzene rings is 2. The monoisotopic (exact) mass is 366 g/mol. The zero-order chi connectivity index (χ0) is 20.0. The molecule has 0 aromatic heterocycles. The lowest BCUT2D eigenvalue weighted by Crippen LogP contribution is -2.39. The zero-order valence-electron chi connectivity index (χ0n) is 17.0. The van der Waals surface area contributed by atoms with Crippen molar-refractivity contribution in [3.8, 4) is 5.75 Å². The van der Waals surface area contributed by atoms with Gasteiger partial charge >= 0.3 is 0 Å². The van der Waals surface area contributed by atoms with Gasteiger partial charge in [0.2, 0.25) is 5.91 Å². The third-order valence-electron chi connectivity index (χ3n) is 4.69. The Morgan fingerprint density at radius 3 is 2.33 bits per heavy atom. The van der Waals surface area contributed by atoms with Crippen molar-refractivity contribution in [2.24, 2.45) is 0 Å². The lowest BCUT2D eigenvalue weighted by molar-refractivity contribution is -0.120. The molecule has 27 heavy (non-hydrogen) atoms. The smallest absolute Gasteiger partial charge is 0.241 e. The fourth-order valence-corrected chi connectivity index (χ4v) is 3.08. The van der Waals surface area contributed by atoms with E-state index >= 15 is 0 Å². The molecule has 1 atom stereocenters. The van der Waals surface area contributed by atoms with E-state index in [1.165, 1.54) is 5.56 Å². The van der Waals surface area contributed by atoms with Crippen LogP contribution in [0.5, 0.6) is 5.75 Å². The molecule has 0 radical (unpaired) electrons. The molecule has 2 rings (SSSR count). The second kappa shape index (κ2) is 9.38. The van der Waals surface area contributed by atoms with Gasteiger partial charge in [0.15, 0.2) is 0 Å². The maximum atomic E-state index is 12.7. The highest BCUT2D eigenvalue weighted by molar-refractivity contribution is 5.95. The Bertz CT molecular complexity index is 774. The lowest BCUT2D eigenvalue weighted by atomic mass is 10.0. The van der Waals surface area contributed by atoms with Crippen LogP contribution in [0.4, 0.5) is 5.69 Å². The van der Waals surface area contributed by atoms with Crippen molar-refractivity contribution in [3.63, 3.8) is 0 Å². The average Bonchev–Trinajstić information content (AvgIpc) is 2.63. The van der Waals surface area contributed by atoms with Crippen LogP contribution < -0.4 is 10.1 Å². The molecule has 0 saturated heterocycles. The zero-order valence-corrected chi connectivity index (χ0v) is 17.0. The van der Waals surface area contributed by atoms with Gasteiger partial charge in [-0.05, 0) is 63.6 Å². The van der Waals surface area contributed by atoms with Gasteiger partial charge in [0.25, 0.3) is 0 Å². The van der Waals surface area contributed by atoms with E-state index < -0.39 is 0 Å². The maximum absolute atomic E-state index is 12.7. The minimum absolute atomic E-state index is 0.00140. The Labute approximate surface area is 162 Å². The Morgan fingerprint density at radius 1 is 1.19 bits per heavy atom. The van der Waals surface area contributed by atoms with Gasteiger partial charge in [-0.2, -0.15) is 0 Å². The number of carbonyl (C=O) groups excluding carboxylic acids is 1. The summed E-state index contributed by atoms with van der Waals surface area (Å²) in [5.41, 5.74) is 5.42. The Hall–Kier alpha value is -2.59.